The lowest BCUT2D eigenvalue weighted by Gasteiger charge is -2.21. The summed E-state index contributed by atoms with van der Waals surface area (Å²) in [6, 6.07) is 1.79. The second-order valence-electron chi connectivity index (χ2n) is 7.09. The second kappa shape index (κ2) is 11.2. The Kier molecular flexibility index (Phi) is 10.9. The molecule has 3 N–H and O–H groups in total. The Morgan fingerprint density at radius 1 is 1.10 bits per heavy atom. The van der Waals surface area contributed by atoms with E-state index in [0.29, 0.717) is 12.0 Å². The van der Waals surface area contributed by atoms with Crippen molar-refractivity contribution in [3.05, 3.63) is 12.2 Å². The van der Waals surface area contributed by atoms with E-state index in [1.807, 2.05) is 0 Å². The van der Waals surface area contributed by atoms with Gasteiger partial charge in [0.1, 0.15) is 6.04 Å². The van der Waals surface area contributed by atoms with Crippen molar-refractivity contribution in [1.82, 2.24) is 0 Å². The number of unbranched alkanes of at least 4 members (excludes halogenated alkanes) is 2. The number of rotatable bonds is 9. The normalized spacial score (nSPS) is 14.9. The van der Waals surface area contributed by atoms with Crippen molar-refractivity contribution >= 4 is 8.07 Å². The molecule has 0 saturated carbocycles. The summed E-state index contributed by atoms with van der Waals surface area (Å²) in [5.41, 5.74) is 4.25. The van der Waals surface area contributed by atoms with Crippen LogP contribution in [0.1, 0.15) is 52.4 Å². The van der Waals surface area contributed by atoms with Crippen LogP contribution in [0.25, 0.3) is 0 Å². The van der Waals surface area contributed by atoms with E-state index in [2.05, 4.69) is 63.2 Å². The average molecular weight is 295 g/mol. The SMILES string of the molecule is CCCC#CC(CCC([NH3+])/C=C/CCC)C[Si](C)(C)C. The molecule has 0 bridgehead atoms. The molecule has 0 aromatic carbocycles. The summed E-state index contributed by atoms with van der Waals surface area (Å²) >= 11 is 0. The molecule has 0 spiro atoms. The van der Waals surface area contributed by atoms with Gasteiger partial charge in [-0.3, -0.25) is 0 Å². The van der Waals surface area contributed by atoms with Crippen LogP contribution in [0.5, 0.6) is 0 Å². The van der Waals surface area contributed by atoms with Crippen LogP contribution < -0.4 is 5.73 Å². The van der Waals surface area contributed by atoms with E-state index in [1.54, 1.807) is 0 Å². The van der Waals surface area contributed by atoms with Gasteiger partial charge < -0.3 is 5.73 Å². The van der Waals surface area contributed by atoms with Crippen molar-refractivity contribution in [1.29, 1.82) is 0 Å². The molecule has 116 valence electrons. The smallest absolute Gasteiger partial charge is 0.103 e. The van der Waals surface area contributed by atoms with Gasteiger partial charge in [0.05, 0.1) is 0 Å². The van der Waals surface area contributed by atoms with Crippen LogP contribution in [0.2, 0.25) is 25.7 Å². The van der Waals surface area contributed by atoms with Crippen molar-refractivity contribution in [3.8, 4) is 11.8 Å². The third kappa shape index (κ3) is 12.5. The highest BCUT2D eigenvalue weighted by atomic mass is 28.3. The summed E-state index contributed by atoms with van der Waals surface area (Å²) in [6.07, 6.45) is 11.6. The fourth-order valence-electron chi connectivity index (χ4n) is 2.27. The first-order valence-corrected chi connectivity index (χ1v) is 12.1. The Labute approximate surface area is 128 Å². The Balaban J connectivity index is 4.32. The molecule has 2 heteroatoms. The molecule has 0 saturated heterocycles. The Morgan fingerprint density at radius 2 is 1.80 bits per heavy atom. The Bertz CT molecular complexity index is 317. The lowest BCUT2D eigenvalue weighted by molar-refractivity contribution is -0.404. The lowest BCUT2D eigenvalue weighted by atomic mass is 10.0. The van der Waals surface area contributed by atoms with Gasteiger partial charge in [0, 0.05) is 26.8 Å². The van der Waals surface area contributed by atoms with Gasteiger partial charge in [0.25, 0.3) is 0 Å². The molecule has 0 rings (SSSR count). The van der Waals surface area contributed by atoms with E-state index >= 15 is 0 Å². The van der Waals surface area contributed by atoms with Gasteiger partial charge in [-0.05, 0) is 31.4 Å². The summed E-state index contributed by atoms with van der Waals surface area (Å²) < 4.78 is 0. The zero-order chi connectivity index (χ0) is 15.4. The molecular weight excluding hydrogens is 258 g/mol. The molecule has 0 aromatic heterocycles. The topological polar surface area (TPSA) is 27.6 Å². The predicted octanol–water partition coefficient (Wildman–Crippen LogP) is 4.49. The first-order valence-electron chi connectivity index (χ1n) is 8.37. The standard InChI is InChI=1S/C18H35NSi/c1-6-8-10-12-17(16-20(3,4)5)14-15-18(19)13-11-9-7-2/h11,13,17-18H,6-9,14-16,19H2,1-5H3/p+1/b13-11+. The van der Waals surface area contributed by atoms with Gasteiger partial charge >= 0.3 is 0 Å². The fourth-order valence-corrected chi connectivity index (χ4v) is 4.06. The van der Waals surface area contributed by atoms with Gasteiger partial charge in [0.2, 0.25) is 0 Å². The van der Waals surface area contributed by atoms with Crippen molar-refractivity contribution in [2.24, 2.45) is 5.92 Å². The van der Waals surface area contributed by atoms with Crippen LogP contribution in [0.3, 0.4) is 0 Å². The van der Waals surface area contributed by atoms with E-state index in [9.17, 15) is 0 Å². The molecule has 0 aliphatic carbocycles. The molecule has 0 fully saturated rings. The first-order chi connectivity index (χ1) is 9.39. The number of allylic oxidation sites excluding steroid dienone is 1. The number of quaternary nitrogens is 1. The van der Waals surface area contributed by atoms with Crippen molar-refractivity contribution in [2.45, 2.75) is 84.1 Å². The lowest BCUT2D eigenvalue weighted by Crippen LogP contribution is -2.59. The zero-order valence-electron chi connectivity index (χ0n) is 14.5. The largest absolute Gasteiger partial charge is 0.352 e. The number of hydrogen-bond donors (Lipinski definition) is 1. The second-order valence-corrected chi connectivity index (χ2v) is 12.6. The van der Waals surface area contributed by atoms with Crippen LogP contribution in [0.4, 0.5) is 0 Å². The van der Waals surface area contributed by atoms with Crippen LogP contribution >= 0.6 is 0 Å². The molecule has 1 nitrogen and oxygen atoms in total. The van der Waals surface area contributed by atoms with Crippen LogP contribution in [0, 0.1) is 17.8 Å². The molecule has 0 aromatic rings. The summed E-state index contributed by atoms with van der Waals surface area (Å²) in [4.78, 5) is 0. The summed E-state index contributed by atoms with van der Waals surface area (Å²) in [7, 11) is -1.02. The maximum Gasteiger partial charge on any atom is 0.103 e. The minimum absolute atomic E-state index is 0.457. The maximum atomic E-state index is 4.25. The van der Waals surface area contributed by atoms with Crippen LogP contribution in [-0.2, 0) is 0 Å². The van der Waals surface area contributed by atoms with E-state index in [1.165, 1.54) is 38.1 Å². The van der Waals surface area contributed by atoms with E-state index in [0.717, 1.165) is 6.42 Å². The summed E-state index contributed by atoms with van der Waals surface area (Å²) in [5, 5.41) is 0. The average Bonchev–Trinajstić information content (AvgIpc) is 2.35. The number of hydrogen-bond acceptors (Lipinski definition) is 0. The quantitative estimate of drug-likeness (QED) is 0.368. The maximum absolute atomic E-state index is 4.25. The highest BCUT2D eigenvalue weighted by Crippen LogP contribution is 2.21. The van der Waals surface area contributed by atoms with Gasteiger partial charge in [-0.25, -0.2) is 0 Å². The summed E-state index contributed by atoms with van der Waals surface area (Å²) in [6.45, 7) is 11.8. The van der Waals surface area contributed by atoms with Crippen molar-refractivity contribution in [3.63, 3.8) is 0 Å². The molecule has 0 aliphatic rings. The predicted molar refractivity (Wildman–Crippen MR) is 94.3 cm³/mol. The molecule has 0 heterocycles. The van der Waals surface area contributed by atoms with Gasteiger partial charge in [-0.2, -0.15) is 0 Å². The molecule has 20 heavy (non-hydrogen) atoms. The molecule has 2 atom stereocenters. The minimum atomic E-state index is -1.02. The molecule has 0 amide bonds. The van der Waals surface area contributed by atoms with Crippen LogP contribution in [-0.4, -0.2) is 14.1 Å². The van der Waals surface area contributed by atoms with E-state index in [4.69, 9.17) is 0 Å². The molecule has 0 aliphatic heterocycles. The van der Waals surface area contributed by atoms with E-state index in [-0.39, 0.29) is 0 Å². The van der Waals surface area contributed by atoms with E-state index < -0.39 is 8.07 Å². The third-order valence-electron chi connectivity index (χ3n) is 3.29. The van der Waals surface area contributed by atoms with Crippen LogP contribution in [0.15, 0.2) is 12.2 Å². The van der Waals surface area contributed by atoms with Crippen molar-refractivity contribution < 1.29 is 5.73 Å². The molecule has 0 radical (unpaired) electrons. The third-order valence-corrected chi connectivity index (χ3v) is 5.01. The van der Waals surface area contributed by atoms with Gasteiger partial charge in [0.15, 0.2) is 0 Å². The minimum Gasteiger partial charge on any atom is -0.352 e. The van der Waals surface area contributed by atoms with Gasteiger partial charge in [-0.15, -0.1) is 11.8 Å². The fraction of sp³-hybridized carbons (Fsp3) is 0.778. The highest BCUT2D eigenvalue weighted by Gasteiger charge is 2.19. The highest BCUT2D eigenvalue weighted by molar-refractivity contribution is 6.76. The summed E-state index contributed by atoms with van der Waals surface area (Å²) in [5.74, 6) is 7.49. The van der Waals surface area contributed by atoms with Gasteiger partial charge in [-0.1, -0.05) is 46.0 Å². The first kappa shape index (κ1) is 19.5. The zero-order valence-corrected chi connectivity index (χ0v) is 15.5. The Morgan fingerprint density at radius 3 is 2.35 bits per heavy atom. The monoisotopic (exact) mass is 294 g/mol. The molecular formula is C18H36NSi+. The van der Waals surface area contributed by atoms with Crippen molar-refractivity contribution in [2.75, 3.05) is 0 Å². The molecule has 2 unspecified atom stereocenters. The Hall–Kier alpha value is -0.523.